The van der Waals surface area contributed by atoms with E-state index in [1.807, 2.05) is 63.2 Å². The van der Waals surface area contributed by atoms with Crippen LogP contribution in [0.3, 0.4) is 0 Å². The van der Waals surface area contributed by atoms with Crippen LogP contribution in [0.5, 0.6) is 11.5 Å². The van der Waals surface area contributed by atoms with Gasteiger partial charge in [-0.15, -0.1) is 11.3 Å². The first kappa shape index (κ1) is 28.9. The number of allylic oxidation sites excluding steroid dienone is 2. The fourth-order valence-electron chi connectivity index (χ4n) is 4.97. The normalized spacial score (nSPS) is 13.7. The number of dihydropyridines is 1. The van der Waals surface area contributed by atoms with Gasteiger partial charge >= 0.3 is 11.9 Å². The Balaban J connectivity index is 1.90. The molecule has 40 heavy (non-hydrogen) atoms. The first-order valence-electron chi connectivity index (χ1n) is 13.1. The van der Waals surface area contributed by atoms with Crippen LogP contribution in [0.2, 0.25) is 0 Å². The number of hydrogen-bond donors (Lipinski definition) is 1. The summed E-state index contributed by atoms with van der Waals surface area (Å²) >= 11 is 1.54. The molecule has 8 nitrogen and oxygen atoms in total. The summed E-state index contributed by atoms with van der Waals surface area (Å²) in [5.41, 5.74) is 5.29. The first-order chi connectivity index (χ1) is 19.2. The number of ether oxygens (including phenoxy) is 4. The Kier molecular flexibility index (Phi) is 8.94. The third-order valence-corrected chi connectivity index (χ3v) is 7.71. The van der Waals surface area contributed by atoms with Gasteiger partial charge < -0.3 is 24.3 Å². The smallest absolute Gasteiger partial charge is 0.336 e. The third kappa shape index (κ3) is 5.47. The second-order valence-electron chi connectivity index (χ2n) is 9.16. The monoisotopic (exact) mass is 562 g/mol. The van der Waals surface area contributed by atoms with Crippen LogP contribution in [0.25, 0.3) is 21.8 Å². The van der Waals surface area contributed by atoms with Gasteiger partial charge in [0, 0.05) is 27.4 Å². The zero-order valence-corrected chi connectivity index (χ0v) is 24.7. The Morgan fingerprint density at radius 3 is 2.05 bits per heavy atom. The number of nitrogens with one attached hydrogen (secondary N) is 1. The highest BCUT2D eigenvalue weighted by molar-refractivity contribution is 7.15. The molecular weight excluding hydrogens is 528 g/mol. The average Bonchev–Trinajstić information content (AvgIpc) is 3.33. The van der Waals surface area contributed by atoms with E-state index < -0.39 is 17.9 Å². The summed E-state index contributed by atoms with van der Waals surface area (Å²) in [5.74, 6) is -0.420. The number of thiazole rings is 1. The first-order valence-corrected chi connectivity index (χ1v) is 13.9. The number of aryl methyl sites for hydroxylation is 1. The molecule has 0 saturated heterocycles. The number of hydrogen-bond acceptors (Lipinski definition) is 9. The molecule has 1 aliphatic heterocycles. The van der Waals surface area contributed by atoms with E-state index >= 15 is 0 Å². The van der Waals surface area contributed by atoms with Gasteiger partial charge in [0.2, 0.25) is 0 Å². The van der Waals surface area contributed by atoms with Crippen LogP contribution >= 0.6 is 11.3 Å². The lowest BCUT2D eigenvalue weighted by Crippen LogP contribution is -2.32. The maximum Gasteiger partial charge on any atom is 0.336 e. The number of carbonyl (C=O) groups is 2. The summed E-state index contributed by atoms with van der Waals surface area (Å²) in [4.78, 5) is 32.6. The molecule has 0 amide bonds. The van der Waals surface area contributed by atoms with Crippen molar-refractivity contribution in [3.05, 3.63) is 75.4 Å². The molecular formula is C31H34N2O6S. The van der Waals surface area contributed by atoms with Crippen LogP contribution < -0.4 is 14.8 Å². The van der Waals surface area contributed by atoms with Crippen molar-refractivity contribution >= 4 is 23.3 Å². The van der Waals surface area contributed by atoms with Gasteiger partial charge in [-0.05, 0) is 58.4 Å². The molecule has 0 bridgehead atoms. The highest BCUT2D eigenvalue weighted by Crippen LogP contribution is 2.45. The van der Waals surface area contributed by atoms with Crippen molar-refractivity contribution in [2.24, 2.45) is 0 Å². The predicted octanol–water partition coefficient (Wildman–Crippen LogP) is 6.16. The van der Waals surface area contributed by atoms with E-state index in [0.717, 1.165) is 32.3 Å². The molecule has 210 valence electrons. The summed E-state index contributed by atoms with van der Waals surface area (Å²) < 4.78 is 21.8. The van der Waals surface area contributed by atoms with Crippen LogP contribution in [0, 0.1) is 6.92 Å². The van der Waals surface area contributed by atoms with Crippen molar-refractivity contribution in [1.29, 1.82) is 0 Å². The number of esters is 2. The highest BCUT2D eigenvalue weighted by atomic mass is 32.1. The zero-order valence-electron chi connectivity index (χ0n) is 23.8. The van der Waals surface area contributed by atoms with Gasteiger partial charge in [0.05, 0.1) is 50.2 Å². The summed E-state index contributed by atoms with van der Waals surface area (Å²) in [6.07, 6.45) is 0. The molecule has 4 rings (SSSR count). The van der Waals surface area contributed by atoms with Gasteiger partial charge in [-0.3, -0.25) is 0 Å². The molecule has 0 spiro atoms. The summed E-state index contributed by atoms with van der Waals surface area (Å²) in [6, 6.07) is 13.4. The van der Waals surface area contributed by atoms with Crippen molar-refractivity contribution in [2.45, 2.75) is 40.5 Å². The Morgan fingerprint density at radius 2 is 1.48 bits per heavy atom. The van der Waals surface area contributed by atoms with Crippen molar-refractivity contribution in [1.82, 2.24) is 10.3 Å². The number of aromatic nitrogens is 1. The molecule has 0 radical (unpaired) electrons. The fraction of sp³-hybridized carbons (Fsp3) is 0.323. The van der Waals surface area contributed by atoms with Crippen LogP contribution in [0.1, 0.15) is 44.1 Å². The molecule has 9 heteroatoms. The van der Waals surface area contributed by atoms with Crippen LogP contribution in [0.4, 0.5) is 0 Å². The number of methoxy groups -OCH3 is 2. The van der Waals surface area contributed by atoms with Crippen LogP contribution in [-0.4, -0.2) is 44.4 Å². The molecule has 1 aliphatic rings. The van der Waals surface area contributed by atoms with Gasteiger partial charge in [-0.1, -0.05) is 24.3 Å². The topological polar surface area (TPSA) is 96.0 Å². The largest absolute Gasteiger partial charge is 0.493 e. The van der Waals surface area contributed by atoms with Gasteiger partial charge in [-0.2, -0.15) is 0 Å². The second kappa shape index (κ2) is 12.4. The molecule has 0 atom stereocenters. The minimum atomic E-state index is -0.704. The van der Waals surface area contributed by atoms with Crippen LogP contribution in [0.15, 0.2) is 65.0 Å². The molecule has 0 aliphatic carbocycles. The second-order valence-corrected chi connectivity index (χ2v) is 10.4. The lowest BCUT2D eigenvalue weighted by Gasteiger charge is -2.31. The maximum absolute atomic E-state index is 13.3. The van der Waals surface area contributed by atoms with Gasteiger partial charge in [0.1, 0.15) is 5.01 Å². The summed E-state index contributed by atoms with van der Waals surface area (Å²) in [7, 11) is 3.20. The van der Waals surface area contributed by atoms with Gasteiger partial charge in [0.15, 0.2) is 11.5 Å². The van der Waals surface area contributed by atoms with E-state index in [1.165, 1.54) is 0 Å². The Hall–Kier alpha value is -4.11. The standard InChI is InChI=1S/C31H34N2O6S/c1-8-38-30(34)25-17(3)32-18(4)26(31(35)39-9-2)27(25)21-12-10-11-13-22(21)29-33-28(19(5)40-29)20-14-15-23(36-6)24(16-20)37-7/h10-16,27,32H,8-9H2,1-7H3. The highest BCUT2D eigenvalue weighted by Gasteiger charge is 2.39. The molecule has 1 N–H and O–H groups in total. The average molecular weight is 563 g/mol. The Morgan fingerprint density at radius 1 is 0.875 bits per heavy atom. The number of benzene rings is 2. The predicted molar refractivity (Wildman–Crippen MR) is 155 cm³/mol. The van der Waals surface area contributed by atoms with E-state index in [2.05, 4.69) is 5.32 Å². The molecule has 3 aromatic rings. The summed E-state index contributed by atoms with van der Waals surface area (Å²) in [6.45, 7) is 9.58. The van der Waals surface area contributed by atoms with Crippen molar-refractivity contribution < 1.29 is 28.5 Å². The van der Waals surface area contributed by atoms with E-state index in [1.54, 1.807) is 39.4 Å². The van der Waals surface area contributed by atoms with E-state index in [0.29, 0.717) is 34.0 Å². The molecule has 2 aromatic carbocycles. The van der Waals surface area contributed by atoms with E-state index in [4.69, 9.17) is 23.9 Å². The Bertz CT molecular complexity index is 1460. The fourth-order valence-corrected chi connectivity index (χ4v) is 5.95. The quantitative estimate of drug-likeness (QED) is 0.310. The SMILES string of the molecule is CCOC(=O)C1=C(C)NC(C)=C(C(=O)OCC)C1c1ccccc1-c1nc(-c2ccc(OC)c(OC)c2)c(C)s1. The molecule has 0 fully saturated rings. The lowest BCUT2D eigenvalue weighted by atomic mass is 9.78. The number of rotatable bonds is 9. The zero-order chi connectivity index (χ0) is 29.0. The van der Waals surface area contributed by atoms with Crippen molar-refractivity contribution in [2.75, 3.05) is 27.4 Å². The number of carbonyl (C=O) groups excluding carboxylic acids is 2. The molecule has 0 saturated carbocycles. The number of nitrogens with zero attached hydrogens (tertiary/aromatic N) is 1. The maximum atomic E-state index is 13.3. The third-order valence-electron chi connectivity index (χ3n) is 6.71. The van der Waals surface area contributed by atoms with Crippen LogP contribution in [-0.2, 0) is 19.1 Å². The Labute approximate surface area is 238 Å². The molecule has 0 unspecified atom stereocenters. The van der Waals surface area contributed by atoms with E-state index in [9.17, 15) is 9.59 Å². The van der Waals surface area contributed by atoms with E-state index in [-0.39, 0.29) is 13.2 Å². The minimum Gasteiger partial charge on any atom is -0.493 e. The summed E-state index contributed by atoms with van der Waals surface area (Å²) in [5, 5.41) is 3.96. The minimum absolute atomic E-state index is 0.210. The van der Waals surface area contributed by atoms with Gasteiger partial charge in [0.25, 0.3) is 0 Å². The van der Waals surface area contributed by atoms with Crippen molar-refractivity contribution in [3.8, 4) is 33.3 Å². The lowest BCUT2D eigenvalue weighted by molar-refractivity contribution is -0.139. The molecule has 1 aromatic heterocycles. The molecule has 2 heterocycles. The van der Waals surface area contributed by atoms with Gasteiger partial charge in [-0.25, -0.2) is 14.6 Å². The van der Waals surface area contributed by atoms with Crippen molar-refractivity contribution in [3.63, 3.8) is 0 Å².